The van der Waals surface area contributed by atoms with Crippen LogP contribution in [0, 0.1) is 0 Å². The van der Waals surface area contributed by atoms with Crippen molar-refractivity contribution in [3.8, 4) is 0 Å². The molecule has 0 bridgehead atoms. The van der Waals surface area contributed by atoms with Gasteiger partial charge >= 0.3 is 5.97 Å². The number of carboxylic acids is 1. The number of rotatable bonds is 7. The molecule has 2 aromatic rings. The van der Waals surface area contributed by atoms with E-state index in [1.54, 1.807) is 12.5 Å². The molecule has 2 heterocycles. The number of unbranched alkanes of at least 4 members (excludes halogenated alkanes) is 1. The molecular weight excluding hydrogens is 258 g/mol. The quantitative estimate of drug-likeness (QED) is 0.660. The Morgan fingerprint density at radius 2 is 2.30 bits per heavy atom. The molecule has 0 amide bonds. The monoisotopic (exact) mass is 275 g/mol. The molecule has 7 nitrogen and oxygen atoms in total. The molecule has 7 heteroatoms. The van der Waals surface area contributed by atoms with Gasteiger partial charge in [-0.15, -0.1) is 0 Å². The minimum Gasteiger partial charge on any atom is -0.478 e. The van der Waals surface area contributed by atoms with Crippen molar-refractivity contribution < 1.29 is 9.90 Å². The van der Waals surface area contributed by atoms with Gasteiger partial charge in [-0.05, 0) is 18.9 Å². The Bertz CT molecular complexity index is 568. The fraction of sp³-hybridized carbons (Fsp3) is 0.308. The van der Waals surface area contributed by atoms with Gasteiger partial charge < -0.3 is 20.7 Å². The zero-order chi connectivity index (χ0) is 14.4. The van der Waals surface area contributed by atoms with Crippen molar-refractivity contribution in [2.75, 3.05) is 17.6 Å². The highest BCUT2D eigenvalue weighted by atomic mass is 16.4. The Balaban J connectivity index is 1.80. The van der Waals surface area contributed by atoms with Crippen LogP contribution in [0.5, 0.6) is 0 Å². The number of nitrogens with zero attached hydrogens (tertiary/aromatic N) is 3. The lowest BCUT2D eigenvalue weighted by atomic mass is 10.2. The summed E-state index contributed by atoms with van der Waals surface area (Å²) in [4.78, 5) is 19.1. The topological polar surface area (TPSA) is 106 Å². The van der Waals surface area contributed by atoms with Crippen LogP contribution in [0.4, 0.5) is 11.5 Å². The first-order valence-electron chi connectivity index (χ1n) is 6.35. The lowest BCUT2D eigenvalue weighted by Crippen LogP contribution is -2.10. The summed E-state index contributed by atoms with van der Waals surface area (Å²) in [6.07, 6.45) is 8.76. The number of carboxylic acid groups (broad SMARTS) is 1. The Morgan fingerprint density at radius 3 is 3.00 bits per heavy atom. The van der Waals surface area contributed by atoms with Gasteiger partial charge in [0, 0.05) is 25.5 Å². The number of anilines is 2. The maximum Gasteiger partial charge on any atom is 0.339 e. The molecule has 0 aliphatic rings. The average Bonchev–Trinajstić information content (AvgIpc) is 2.92. The summed E-state index contributed by atoms with van der Waals surface area (Å²) in [5.41, 5.74) is 5.97. The summed E-state index contributed by atoms with van der Waals surface area (Å²) < 4.78 is 2.00. The zero-order valence-corrected chi connectivity index (χ0v) is 11.0. The molecule has 0 aromatic carbocycles. The van der Waals surface area contributed by atoms with Gasteiger partial charge in [-0.3, -0.25) is 0 Å². The third-order valence-electron chi connectivity index (χ3n) is 2.83. The van der Waals surface area contributed by atoms with Crippen molar-refractivity contribution in [2.45, 2.75) is 19.4 Å². The first kappa shape index (κ1) is 13.9. The van der Waals surface area contributed by atoms with Crippen LogP contribution in [0.3, 0.4) is 0 Å². The number of imidazole rings is 1. The molecule has 0 radical (unpaired) electrons. The minimum atomic E-state index is -1.04. The van der Waals surface area contributed by atoms with E-state index < -0.39 is 5.97 Å². The lowest BCUT2D eigenvalue weighted by Gasteiger charge is -2.09. The summed E-state index contributed by atoms with van der Waals surface area (Å²) in [5.74, 6) is -0.681. The van der Waals surface area contributed by atoms with Crippen LogP contribution in [0.2, 0.25) is 0 Å². The van der Waals surface area contributed by atoms with E-state index >= 15 is 0 Å². The number of nitrogen functional groups attached to an aromatic ring is 1. The summed E-state index contributed by atoms with van der Waals surface area (Å²) in [5, 5.41) is 12.1. The molecule has 0 unspecified atom stereocenters. The van der Waals surface area contributed by atoms with E-state index in [0.29, 0.717) is 18.1 Å². The molecular formula is C13H17N5O2. The normalized spacial score (nSPS) is 10.4. The number of aromatic nitrogens is 3. The second kappa shape index (κ2) is 6.55. The predicted octanol–water partition coefficient (Wildman–Crippen LogP) is 1.45. The van der Waals surface area contributed by atoms with Crippen LogP contribution < -0.4 is 11.1 Å². The van der Waals surface area contributed by atoms with Gasteiger partial charge in [0.25, 0.3) is 0 Å². The molecule has 0 spiro atoms. The summed E-state index contributed by atoms with van der Waals surface area (Å²) in [7, 11) is 0. The Hall–Kier alpha value is -2.57. The highest BCUT2D eigenvalue weighted by Crippen LogP contribution is 2.15. The smallest absolute Gasteiger partial charge is 0.339 e. The molecule has 0 saturated carbocycles. The fourth-order valence-corrected chi connectivity index (χ4v) is 1.83. The Labute approximate surface area is 116 Å². The molecule has 0 aliphatic heterocycles. The van der Waals surface area contributed by atoms with Gasteiger partial charge in [0.1, 0.15) is 11.4 Å². The summed E-state index contributed by atoms with van der Waals surface area (Å²) in [6, 6.07) is 1.41. The second-order valence-corrected chi connectivity index (χ2v) is 4.40. The number of aryl methyl sites for hydroxylation is 1. The first-order valence-corrected chi connectivity index (χ1v) is 6.35. The third-order valence-corrected chi connectivity index (χ3v) is 2.83. The molecule has 2 aromatic heterocycles. The number of carbonyl (C=O) groups is 1. The standard InChI is InChI=1S/C13H17N5O2/c14-10-7-11(13(19)20)12(17-8-10)16-3-1-2-5-18-6-4-15-9-18/h4,6-9H,1-3,5,14H2,(H,16,17)(H,19,20). The van der Waals surface area contributed by atoms with Crippen LogP contribution in [-0.2, 0) is 6.54 Å². The van der Waals surface area contributed by atoms with Crippen LogP contribution in [0.1, 0.15) is 23.2 Å². The summed E-state index contributed by atoms with van der Waals surface area (Å²) >= 11 is 0. The van der Waals surface area contributed by atoms with Crippen molar-refractivity contribution in [3.05, 3.63) is 36.5 Å². The SMILES string of the molecule is Nc1cnc(NCCCCn2ccnc2)c(C(=O)O)c1. The van der Waals surface area contributed by atoms with Crippen molar-refractivity contribution in [2.24, 2.45) is 0 Å². The number of hydrogen-bond acceptors (Lipinski definition) is 5. The number of pyridine rings is 1. The molecule has 20 heavy (non-hydrogen) atoms. The van der Waals surface area contributed by atoms with Gasteiger partial charge in [-0.1, -0.05) is 0 Å². The average molecular weight is 275 g/mol. The van der Waals surface area contributed by atoms with Crippen molar-refractivity contribution in [3.63, 3.8) is 0 Å². The van der Waals surface area contributed by atoms with Gasteiger partial charge in [-0.25, -0.2) is 14.8 Å². The maximum absolute atomic E-state index is 11.1. The number of hydrogen-bond donors (Lipinski definition) is 3. The third kappa shape index (κ3) is 3.71. The molecule has 0 fully saturated rings. The zero-order valence-electron chi connectivity index (χ0n) is 11.0. The number of aromatic carboxylic acids is 1. The highest BCUT2D eigenvalue weighted by Gasteiger charge is 2.11. The van der Waals surface area contributed by atoms with E-state index in [0.717, 1.165) is 19.4 Å². The first-order chi connectivity index (χ1) is 9.66. The summed E-state index contributed by atoms with van der Waals surface area (Å²) in [6.45, 7) is 1.55. The molecule has 0 atom stereocenters. The Kier molecular flexibility index (Phi) is 4.54. The molecule has 0 saturated heterocycles. The molecule has 4 N–H and O–H groups in total. The second-order valence-electron chi connectivity index (χ2n) is 4.40. The van der Waals surface area contributed by atoms with Crippen molar-refractivity contribution in [1.82, 2.24) is 14.5 Å². The van der Waals surface area contributed by atoms with Gasteiger partial charge in [0.05, 0.1) is 18.2 Å². The van der Waals surface area contributed by atoms with E-state index in [1.807, 2.05) is 10.8 Å². The van der Waals surface area contributed by atoms with Crippen LogP contribution in [-0.4, -0.2) is 32.2 Å². The Morgan fingerprint density at radius 1 is 1.45 bits per heavy atom. The van der Waals surface area contributed by atoms with Gasteiger partial charge in [-0.2, -0.15) is 0 Å². The lowest BCUT2D eigenvalue weighted by molar-refractivity contribution is 0.0697. The van der Waals surface area contributed by atoms with Crippen LogP contribution in [0.15, 0.2) is 31.0 Å². The van der Waals surface area contributed by atoms with E-state index in [2.05, 4.69) is 15.3 Å². The molecule has 106 valence electrons. The van der Waals surface area contributed by atoms with E-state index in [-0.39, 0.29) is 5.56 Å². The number of nitrogens with two attached hydrogens (primary N) is 1. The number of nitrogens with one attached hydrogen (secondary N) is 1. The van der Waals surface area contributed by atoms with Crippen molar-refractivity contribution in [1.29, 1.82) is 0 Å². The van der Waals surface area contributed by atoms with E-state index in [4.69, 9.17) is 10.8 Å². The maximum atomic E-state index is 11.1. The van der Waals surface area contributed by atoms with Crippen LogP contribution in [0.25, 0.3) is 0 Å². The predicted molar refractivity (Wildman–Crippen MR) is 75.6 cm³/mol. The fourth-order valence-electron chi connectivity index (χ4n) is 1.83. The molecule has 2 rings (SSSR count). The van der Waals surface area contributed by atoms with E-state index in [9.17, 15) is 4.79 Å². The van der Waals surface area contributed by atoms with Crippen molar-refractivity contribution >= 4 is 17.5 Å². The highest BCUT2D eigenvalue weighted by molar-refractivity contribution is 5.94. The largest absolute Gasteiger partial charge is 0.478 e. The van der Waals surface area contributed by atoms with Gasteiger partial charge in [0.2, 0.25) is 0 Å². The minimum absolute atomic E-state index is 0.0969. The van der Waals surface area contributed by atoms with Gasteiger partial charge in [0.15, 0.2) is 0 Å². The molecule has 0 aliphatic carbocycles. The van der Waals surface area contributed by atoms with E-state index in [1.165, 1.54) is 12.3 Å². The van der Waals surface area contributed by atoms with Crippen LogP contribution >= 0.6 is 0 Å².